The van der Waals surface area contributed by atoms with Crippen LogP contribution in [-0.4, -0.2) is 46.8 Å². The van der Waals surface area contributed by atoms with Crippen molar-refractivity contribution in [1.82, 2.24) is 9.80 Å². The number of hydrogen-bond donors (Lipinski definition) is 0. The molecular formula is C25H29N3O3. The van der Waals surface area contributed by atoms with Gasteiger partial charge in [0.25, 0.3) is 5.69 Å². The van der Waals surface area contributed by atoms with Gasteiger partial charge in [-0.3, -0.25) is 19.8 Å². The van der Waals surface area contributed by atoms with Gasteiger partial charge in [0.15, 0.2) is 0 Å². The molecule has 2 aromatic rings. The molecule has 5 rings (SSSR count). The van der Waals surface area contributed by atoms with Crippen molar-refractivity contribution in [2.24, 2.45) is 16.7 Å². The summed E-state index contributed by atoms with van der Waals surface area (Å²) in [6, 6.07) is 17.5. The number of carbonyl (C=O) groups excluding carboxylic acids is 1. The van der Waals surface area contributed by atoms with E-state index in [1.54, 1.807) is 12.1 Å². The topological polar surface area (TPSA) is 66.7 Å². The van der Waals surface area contributed by atoms with E-state index in [0.29, 0.717) is 5.91 Å². The molecule has 6 heteroatoms. The zero-order chi connectivity index (χ0) is 21.8. The Labute approximate surface area is 183 Å². The highest BCUT2D eigenvalue weighted by Crippen LogP contribution is 2.55. The van der Waals surface area contributed by atoms with Crippen LogP contribution in [0.5, 0.6) is 0 Å². The minimum Gasteiger partial charge on any atom is -0.341 e. The summed E-state index contributed by atoms with van der Waals surface area (Å²) in [4.78, 5) is 28.2. The van der Waals surface area contributed by atoms with E-state index in [0.717, 1.165) is 44.7 Å². The minimum atomic E-state index is -0.350. The van der Waals surface area contributed by atoms with Gasteiger partial charge in [-0.2, -0.15) is 0 Å². The van der Waals surface area contributed by atoms with E-state index in [2.05, 4.69) is 43.0 Å². The van der Waals surface area contributed by atoms with Crippen molar-refractivity contribution < 1.29 is 9.72 Å². The van der Waals surface area contributed by atoms with E-state index in [4.69, 9.17) is 0 Å². The van der Waals surface area contributed by atoms with Crippen LogP contribution in [0, 0.1) is 26.9 Å². The van der Waals surface area contributed by atoms with Gasteiger partial charge in [-0.25, -0.2) is 0 Å². The highest BCUT2D eigenvalue weighted by atomic mass is 16.6. The van der Waals surface area contributed by atoms with Gasteiger partial charge in [0, 0.05) is 62.1 Å². The van der Waals surface area contributed by atoms with Crippen LogP contribution < -0.4 is 0 Å². The fourth-order valence-electron chi connectivity index (χ4n) is 5.62. The predicted molar refractivity (Wildman–Crippen MR) is 118 cm³/mol. The van der Waals surface area contributed by atoms with Crippen LogP contribution >= 0.6 is 0 Å². The molecule has 162 valence electrons. The van der Waals surface area contributed by atoms with Gasteiger partial charge in [0.05, 0.1) is 4.92 Å². The Hall–Kier alpha value is -2.73. The smallest absolute Gasteiger partial charge is 0.269 e. The summed E-state index contributed by atoms with van der Waals surface area (Å²) in [5, 5.41) is 11.1. The summed E-state index contributed by atoms with van der Waals surface area (Å²) in [5.41, 5.74) is 2.72. The van der Waals surface area contributed by atoms with Crippen molar-refractivity contribution in [2.45, 2.75) is 32.7 Å². The molecule has 1 saturated carbocycles. The maximum atomic E-state index is 12.9. The monoisotopic (exact) mass is 419 g/mol. The highest BCUT2D eigenvalue weighted by molar-refractivity contribution is 5.83. The number of nitrogens with zero attached hydrogens (tertiary/aromatic N) is 3. The summed E-state index contributed by atoms with van der Waals surface area (Å²) in [5.74, 6) is 0.748. The molecule has 0 radical (unpaired) electrons. The first-order valence-electron chi connectivity index (χ1n) is 11.1. The SMILES string of the molecule is CC1(C)C[C@@H]1C(=O)N1CC2(CN(Cc3ccccc3)CC2c2ccc([N+](=O)[O-])cc2)C1. The zero-order valence-electron chi connectivity index (χ0n) is 18.2. The Morgan fingerprint density at radius 2 is 1.71 bits per heavy atom. The molecule has 6 nitrogen and oxygen atoms in total. The summed E-state index contributed by atoms with van der Waals surface area (Å²) < 4.78 is 0. The quantitative estimate of drug-likeness (QED) is 0.541. The lowest BCUT2D eigenvalue weighted by atomic mass is 9.68. The van der Waals surface area contributed by atoms with Gasteiger partial charge in [-0.15, -0.1) is 0 Å². The molecule has 0 bridgehead atoms. The number of non-ortho nitro benzene ring substituents is 1. The van der Waals surface area contributed by atoms with Crippen LogP contribution in [0.1, 0.15) is 37.3 Å². The third-order valence-corrected chi connectivity index (χ3v) is 7.61. The Kier molecular flexibility index (Phi) is 4.66. The normalized spacial score (nSPS) is 25.9. The largest absolute Gasteiger partial charge is 0.341 e. The van der Waals surface area contributed by atoms with Gasteiger partial charge in [-0.1, -0.05) is 56.3 Å². The first kappa shape index (κ1) is 20.2. The third kappa shape index (κ3) is 3.63. The molecule has 2 aromatic carbocycles. The van der Waals surface area contributed by atoms with E-state index in [1.165, 1.54) is 5.56 Å². The Balaban J connectivity index is 1.36. The lowest BCUT2D eigenvalue weighted by Gasteiger charge is -2.51. The maximum absolute atomic E-state index is 12.9. The number of nitro groups is 1. The van der Waals surface area contributed by atoms with Crippen LogP contribution in [0.2, 0.25) is 0 Å². The van der Waals surface area contributed by atoms with E-state index in [-0.39, 0.29) is 33.3 Å². The van der Waals surface area contributed by atoms with E-state index < -0.39 is 0 Å². The van der Waals surface area contributed by atoms with Crippen molar-refractivity contribution in [3.05, 3.63) is 75.8 Å². The minimum absolute atomic E-state index is 0.0274. The second-order valence-electron chi connectivity index (χ2n) is 10.4. The van der Waals surface area contributed by atoms with E-state index in [9.17, 15) is 14.9 Å². The average Bonchev–Trinajstić information content (AvgIpc) is 3.20. The number of likely N-dealkylation sites (tertiary alicyclic amines) is 2. The standard InChI is InChI=1S/C25H29N3O3/c1-24(2)12-21(24)23(29)27-16-25(17-27)15-26(13-18-6-4-3-5-7-18)14-22(25)19-8-10-20(11-9-19)28(30)31/h3-11,21-22H,12-17H2,1-2H3/t21-,22?/m1/s1. The molecule has 3 aliphatic rings. The molecule has 1 spiro atoms. The first-order chi connectivity index (χ1) is 14.8. The van der Waals surface area contributed by atoms with Crippen LogP contribution in [0.25, 0.3) is 0 Å². The van der Waals surface area contributed by atoms with Crippen LogP contribution in [0.15, 0.2) is 54.6 Å². The second kappa shape index (κ2) is 7.16. The molecule has 0 aromatic heterocycles. The fraction of sp³-hybridized carbons (Fsp3) is 0.480. The summed E-state index contributed by atoms with van der Waals surface area (Å²) in [6.45, 7) is 8.64. The molecule has 1 unspecified atom stereocenters. The van der Waals surface area contributed by atoms with Crippen molar-refractivity contribution in [3.8, 4) is 0 Å². The average molecular weight is 420 g/mol. The Morgan fingerprint density at radius 1 is 1.06 bits per heavy atom. The van der Waals surface area contributed by atoms with Crippen LogP contribution in [0.3, 0.4) is 0 Å². The third-order valence-electron chi connectivity index (χ3n) is 7.61. The molecule has 2 atom stereocenters. The van der Waals surface area contributed by atoms with Gasteiger partial charge < -0.3 is 4.90 Å². The van der Waals surface area contributed by atoms with Crippen molar-refractivity contribution >= 4 is 11.6 Å². The van der Waals surface area contributed by atoms with Gasteiger partial charge in [0.2, 0.25) is 5.91 Å². The number of nitro benzene ring substituents is 1. The van der Waals surface area contributed by atoms with Crippen LogP contribution in [0.4, 0.5) is 5.69 Å². The number of rotatable bonds is 5. The zero-order valence-corrected chi connectivity index (χ0v) is 18.2. The summed E-state index contributed by atoms with van der Waals surface area (Å²) >= 11 is 0. The first-order valence-corrected chi connectivity index (χ1v) is 11.1. The van der Waals surface area contributed by atoms with Crippen molar-refractivity contribution in [1.29, 1.82) is 0 Å². The van der Waals surface area contributed by atoms with Gasteiger partial charge in [0.1, 0.15) is 0 Å². The molecule has 31 heavy (non-hydrogen) atoms. The summed E-state index contributed by atoms with van der Waals surface area (Å²) in [7, 11) is 0. The van der Waals surface area contributed by atoms with Crippen molar-refractivity contribution in [3.63, 3.8) is 0 Å². The molecule has 2 aliphatic heterocycles. The van der Waals surface area contributed by atoms with Crippen LogP contribution in [-0.2, 0) is 11.3 Å². The lowest BCUT2D eigenvalue weighted by molar-refractivity contribution is -0.384. The molecule has 1 aliphatic carbocycles. The number of benzene rings is 2. The molecule has 2 saturated heterocycles. The number of carbonyl (C=O) groups is 1. The number of amides is 1. The molecule has 0 N–H and O–H groups in total. The van der Waals surface area contributed by atoms with Gasteiger partial charge >= 0.3 is 0 Å². The van der Waals surface area contributed by atoms with Gasteiger partial charge in [-0.05, 0) is 23.0 Å². The Bertz CT molecular complexity index is 996. The lowest BCUT2D eigenvalue weighted by Crippen LogP contribution is -2.62. The molecular weight excluding hydrogens is 390 g/mol. The number of hydrogen-bond acceptors (Lipinski definition) is 4. The van der Waals surface area contributed by atoms with E-state index >= 15 is 0 Å². The molecule has 1 amide bonds. The predicted octanol–water partition coefficient (Wildman–Crippen LogP) is 4.07. The molecule has 3 fully saturated rings. The summed E-state index contributed by atoms with van der Waals surface area (Å²) in [6.07, 6.45) is 0.987. The Morgan fingerprint density at radius 3 is 2.29 bits per heavy atom. The highest BCUT2D eigenvalue weighted by Gasteiger charge is 2.59. The second-order valence-corrected chi connectivity index (χ2v) is 10.4. The van der Waals surface area contributed by atoms with E-state index in [1.807, 2.05) is 23.1 Å². The maximum Gasteiger partial charge on any atom is 0.269 e. The fourth-order valence-corrected chi connectivity index (χ4v) is 5.62. The van der Waals surface area contributed by atoms with Crippen molar-refractivity contribution in [2.75, 3.05) is 26.2 Å². The molecule has 2 heterocycles.